The highest BCUT2D eigenvalue weighted by Crippen LogP contribution is 2.32. The molecular weight excluding hydrogens is 346 g/mol. The summed E-state index contributed by atoms with van der Waals surface area (Å²) in [7, 11) is 0. The Morgan fingerprint density at radius 1 is 1.15 bits per heavy atom. The normalized spacial score (nSPS) is 10.9. The summed E-state index contributed by atoms with van der Waals surface area (Å²) in [6, 6.07) is 9.97. The van der Waals surface area contributed by atoms with Gasteiger partial charge in [0, 0.05) is 10.7 Å². The summed E-state index contributed by atoms with van der Waals surface area (Å²) in [5.74, 6) is 0.832. The molecule has 1 amide bonds. The van der Waals surface area contributed by atoms with Crippen molar-refractivity contribution in [2.24, 2.45) is 0 Å². The summed E-state index contributed by atoms with van der Waals surface area (Å²) in [4.78, 5) is 12.5. The Morgan fingerprint density at radius 2 is 1.77 bits per heavy atom. The molecule has 3 nitrogen and oxygen atoms in total. The second-order valence-corrected chi connectivity index (χ2v) is 7.20. The number of hydrogen-bond acceptors (Lipinski definition) is 2. The van der Waals surface area contributed by atoms with E-state index in [0.29, 0.717) is 0 Å². The number of halogens is 1. The number of benzene rings is 2. The molecule has 0 atom stereocenters. The van der Waals surface area contributed by atoms with Crippen LogP contribution in [-0.4, -0.2) is 12.5 Å². The number of amides is 1. The van der Waals surface area contributed by atoms with Gasteiger partial charge < -0.3 is 10.1 Å². The van der Waals surface area contributed by atoms with Gasteiger partial charge in [-0.25, -0.2) is 0 Å². The first kappa shape index (κ1) is 20.3. The van der Waals surface area contributed by atoms with Crippen LogP contribution in [0.5, 0.6) is 5.75 Å². The monoisotopic (exact) mass is 373 g/mol. The standard InChI is InChI=1S/C22H28ClNO2/c1-6-16-9-8-10-17(7-2)22(16)24-21(25)13-26-20-11-15(5)19(23)12-18(20)14(3)4/h8-12,14H,6-7,13H2,1-5H3,(H,24,25). The first-order valence-corrected chi connectivity index (χ1v) is 9.58. The summed E-state index contributed by atoms with van der Waals surface area (Å²) in [5.41, 5.74) is 5.15. The topological polar surface area (TPSA) is 38.3 Å². The molecule has 1 N–H and O–H groups in total. The highest BCUT2D eigenvalue weighted by atomic mass is 35.5. The fourth-order valence-electron chi connectivity index (χ4n) is 2.97. The van der Waals surface area contributed by atoms with Crippen molar-refractivity contribution in [3.63, 3.8) is 0 Å². The summed E-state index contributed by atoms with van der Waals surface area (Å²) < 4.78 is 5.84. The molecule has 0 bridgehead atoms. The molecule has 140 valence electrons. The van der Waals surface area contributed by atoms with Gasteiger partial charge in [-0.15, -0.1) is 0 Å². The first-order valence-electron chi connectivity index (χ1n) is 9.20. The highest BCUT2D eigenvalue weighted by Gasteiger charge is 2.14. The molecule has 2 rings (SSSR count). The van der Waals surface area contributed by atoms with E-state index < -0.39 is 0 Å². The number of hydrogen-bond donors (Lipinski definition) is 1. The summed E-state index contributed by atoms with van der Waals surface area (Å²) in [6.45, 7) is 10.3. The van der Waals surface area contributed by atoms with Crippen molar-refractivity contribution in [2.75, 3.05) is 11.9 Å². The number of ether oxygens (including phenoxy) is 1. The second kappa shape index (κ2) is 9.09. The van der Waals surface area contributed by atoms with Crippen LogP contribution in [0.15, 0.2) is 30.3 Å². The van der Waals surface area contributed by atoms with E-state index in [0.717, 1.165) is 51.6 Å². The van der Waals surface area contributed by atoms with Gasteiger partial charge in [0.25, 0.3) is 5.91 Å². The lowest BCUT2D eigenvalue weighted by Gasteiger charge is -2.17. The summed E-state index contributed by atoms with van der Waals surface area (Å²) >= 11 is 6.23. The van der Waals surface area contributed by atoms with Crippen LogP contribution in [0.4, 0.5) is 5.69 Å². The van der Waals surface area contributed by atoms with Gasteiger partial charge in [-0.3, -0.25) is 4.79 Å². The number of para-hydroxylation sites is 1. The van der Waals surface area contributed by atoms with E-state index in [1.165, 1.54) is 0 Å². The summed E-state index contributed by atoms with van der Waals surface area (Å²) in [5, 5.41) is 3.75. The fraction of sp³-hybridized carbons (Fsp3) is 0.409. The van der Waals surface area contributed by atoms with E-state index in [4.69, 9.17) is 16.3 Å². The number of aryl methyl sites for hydroxylation is 3. The van der Waals surface area contributed by atoms with Crippen LogP contribution in [-0.2, 0) is 17.6 Å². The third kappa shape index (κ3) is 4.79. The number of nitrogens with one attached hydrogen (secondary N) is 1. The van der Waals surface area contributed by atoms with Gasteiger partial charge in [-0.05, 0) is 60.1 Å². The third-order valence-electron chi connectivity index (χ3n) is 4.54. The maximum absolute atomic E-state index is 12.5. The Morgan fingerprint density at radius 3 is 2.31 bits per heavy atom. The Hall–Kier alpha value is -2.00. The molecule has 0 spiro atoms. The van der Waals surface area contributed by atoms with E-state index in [2.05, 4.69) is 45.1 Å². The van der Waals surface area contributed by atoms with E-state index >= 15 is 0 Å². The average molecular weight is 374 g/mol. The van der Waals surface area contributed by atoms with Crippen LogP contribution in [0.3, 0.4) is 0 Å². The predicted molar refractivity (Wildman–Crippen MR) is 110 cm³/mol. The van der Waals surface area contributed by atoms with Crippen molar-refractivity contribution in [1.82, 2.24) is 0 Å². The molecule has 0 saturated heterocycles. The lowest BCUT2D eigenvalue weighted by Crippen LogP contribution is -2.22. The van der Waals surface area contributed by atoms with Crippen molar-refractivity contribution in [2.45, 2.75) is 53.4 Å². The third-order valence-corrected chi connectivity index (χ3v) is 4.94. The molecule has 0 heterocycles. The van der Waals surface area contributed by atoms with Gasteiger partial charge >= 0.3 is 0 Å². The lowest BCUT2D eigenvalue weighted by molar-refractivity contribution is -0.118. The summed E-state index contributed by atoms with van der Waals surface area (Å²) in [6.07, 6.45) is 1.75. The maximum Gasteiger partial charge on any atom is 0.262 e. The van der Waals surface area contributed by atoms with Gasteiger partial charge in [0.15, 0.2) is 6.61 Å². The Labute approximate surface area is 161 Å². The van der Waals surface area contributed by atoms with Crippen LogP contribution in [0.25, 0.3) is 0 Å². The minimum atomic E-state index is -0.150. The minimum absolute atomic E-state index is 0.0258. The molecule has 26 heavy (non-hydrogen) atoms. The van der Waals surface area contributed by atoms with Gasteiger partial charge in [0.1, 0.15) is 5.75 Å². The van der Waals surface area contributed by atoms with E-state index in [-0.39, 0.29) is 18.4 Å². The van der Waals surface area contributed by atoms with E-state index in [1.807, 2.05) is 25.1 Å². The number of carbonyl (C=O) groups excluding carboxylic acids is 1. The zero-order valence-electron chi connectivity index (χ0n) is 16.3. The number of anilines is 1. The van der Waals surface area contributed by atoms with Crippen molar-refractivity contribution in [3.8, 4) is 5.75 Å². The fourth-order valence-corrected chi connectivity index (χ4v) is 3.14. The molecule has 0 saturated carbocycles. The molecule has 0 unspecified atom stereocenters. The number of carbonyl (C=O) groups is 1. The smallest absolute Gasteiger partial charge is 0.262 e. The van der Waals surface area contributed by atoms with Crippen LogP contribution in [0.1, 0.15) is 55.9 Å². The molecule has 0 aromatic heterocycles. The van der Waals surface area contributed by atoms with Gasteiger partial charge in [-0.2, -0.15) is 0 Å². The largest absolute Gasteiger partial charge is 0.483 e. The Balaban J connectivity index is 2.15. The zero-order chi connectivity index (χ0) is 19.3. The Kier molecular flexibility index (Phi) is 7.10. The van der Waals surface area contributed by atoms with Crippen LogP contribution in [0.2, 0.25) is 5.02 Å². The molecule has 0 aliphatic heterocycles. The molecule has 2 aromatic carbocycles. The van der Waals surface area contributed by atoms with Crippen LogP contribution >= 0.6 is 11.6 Å². The van der Waals surface area contributed by atoms with Crippen LogP contribution in [0, 0.1) is 6.92 Å². The highest BCUT2D eigenvalue weighted by molar-refractivity contribution is 6.31. The SMILES string of the molecule is CCc1cccc(CC)c1NC(=O)COc1cc(C)c(Cl)cc1C(C)C. The number of rotatable bonds is 7. The zero-order valence-corrected chi connectivity index (χ0v) is 17.0. The Bertz CT molecular complexity index is 762. The maximum atomic E-state index is 12.5. The van der Waals surface area contributed by atoms with Crippen molar-refractivity contribution >= 4 is 23.2 Å². The van der Waals surface area contributed by atoms with Gasteiger partial charge in [0.05, 0.1) is 0 Å². The molecular formula is C22H28ClNO2. The van der Waals surface area contributed by atoms with Crippen molar-refractivity contribution in [3.05, 3.63) is 57.6 Å². The van der Waals surface area contributed by atoms with Crippen molar-refractivity contribution < 1.29 is 9.53 Å². The lowest BCUT2D eigenvalue weighted by atomic mass is 10.0. The van der Waals surface area contributed by atoms with Crippen LogP contribution < -0.4 is 10.1 Å². The minimum Gasteiger partial charge on any atom is -0.483 e. The molecule has 4 heteroatoms. The molecule has 2 aromatic rings. The molecule has 0 fully saturated rings. The quantitative estimate of drug-likeness (QED) is 0.654. The van der Waals surface area contributed by atoms with Crippen molar-refractivity contribution in [1.29, 1.82) is 0 Å². The second-order valence-electron chi connectivity index (χ2n) is 6.79. The van der Waals surface area contributed by atoms with E-state index in [9.17, 15) is 4.79 Å². The predicted octanol–water partition coefficient (Wildman–Crippen LogP) is 5.91. The molecule has 0 aliphatic rings. The molecule has 0 radical (unpaired) electrons. The van der Waals surface area contributed by atoms with Gasteiger partial charge in [-0.1, -0.05) is 57.5 Å². The van der Waals surface area contributed by atoms with Gasteiger partial charge in [0.2, 0.25) is 0 Å². The average Bonchev–Trinajstić information content (AvgIpc) is 2.62. The first-order chi connectivity index (χ1) is 12.4. The molecule has 0 aliphatic carbocycles. The van der Waals surface area contributed by atoms with E-state index in [1.54, 1.807) is 0 Å².